The first kappa shape index (κ1) is 17.0. The Hall–Kier alpha value is -1.89. The van der Waals surface area contributed by atoms with Crippen molar-refractivity contribution in [3.05, 3.63) is 27.9 Å². The highest BCUT2D eigenvalue weighted by atomic mass is 32.2. The molecule has 0 radical (unpaired) electrons. The summed E-state index contributed by atoms with van der Waals surface area (Å²) >= 11 is 3.07. The molecular weight excluding hydrogens is 346 g/mol. The summed E-state index contributed by atoms with van der Waals surface area (Å²) in [5.74, 6) is 0.460. The number of amidine groups is 1. The number of aliphatic imine (C=N–C) groups is 1. The number of fused-ring (bicyclic) bond motifs is 1. The number of nitrogens with zero attached hydrogens (tertiary/aromatic N) is 5. The predicted octanol–water partition coefficient (Wildman–Crippen LogP) is 1.51. The van der Waals surface area contributed by atoms with Crippen molar-refractivity contribution in [1.29, 1.82) is 5.26 Å². The molecule has 0 spiro atoms. The number of nitriles is 1. The van der Waals surface area contributed by atoms with Crippen molar-refractivity contribution in [2.24, 2.45) is 4.99 Å². The normalized spacial score (nSPS) is 20.0. The Morgan fingerprint density at radius 3 is 3.12 bits per heavy atom. The maximum Gasteiger partial charge on any atom is 0.337 e. The summed E-state index contributed by atoms with van der Waals surface area (Å²) in [5.41, 5.74) is 1.53. The van der Waals surface area contributed by atoms with Gasteiger partial charge in [-0.2, -0.15) is 5.26 Å². The number of ether oxygens (including phenoxy) is 1. The second kappa shape index (κ2) is 7.34. The summed E-state index contributed by atoms with van der Waals surface area (Å²) in [6, 6.07) is 2.34. The standard InChI is InChI=1S/C15H17N5O2S2/c1-22-15(21)11-8-18-13(14-17-4-6-24-14)19-9-10(7-12(11)19)20(23-2)5-3-16/h4,6,10H,5,7-9H2,1-2H3. The molecule has 0 N–H and O–H groups in total. The number of hydrogen-bond acceptors (Lipinski definition) is 9. The zero-order valence-electron chi connectivity index (χ0n) is 13.4. The van der Waals surface area contributed by atoms with Crippen molar-refractivity contribution in [3.63, 3.8) is 0 Å². The molecule has 2 aliphatic heterocycles. The molecule has 3 heterocycles. The zero-order valence-corrected chi connectivity index (χ0v) is 15.1. The van der Waals surface area contributed by atoms with Gasteiger partial charge in [0.2, 0.25) is 0 Å². The van der Waals surface area contributed by atoms with Gasteiger partial charge in [-0.05, 0) is 6.26 Å². The largest absolute Gasteiger partial charge is 0.466 e. The number of esters is 1. The van der Waals surface area contributed by atoms with Crippen LogP contribution in [0.2, 0.25) is 0 Å². The maximum absolute atomic E-state index is 12.1. The lowest BCUT2D eigenvalue weighted by molar-refractivity contribution is -0.136. The fraction of sp³-hybridized carbons (Fsp3) is 0.467. The Morgan fingerprint density at radius 2 is 2.50 bits per heavy atom. The lowest BCUT2D eigenvalue weighted by Crippen LogP contribution is -2.37. The van der Waals surface area contributed by atoms with Gasteiger partial charge in [-0.1, -0.05) is 11.9 Å². The van der Waals surface area contributed by atoms with Crippen LogP contribution in [0.25, 0.3) is 0 Å². The minimum atomic E-state index is -0.339. The number of carbonyl (C=O) groups excluding carboxylic acids is 1. The van der Waals surface area contributed by atoms with E-state index < -0.39 is 0 Å². The third-order valence-electron chi connectivity index (χ3n) is 4.06. The van der Waals surface area contributed by atoms with Crippen LogP contribution in [0.4, 0.5) is 0 Å². The molecule has 0 aromatic carbocycles. The van der Waals surface area contributed by atoms with Gasteiger partial charge < -0.3 is 9.64 Å². The molecule has 1 atom stereocenters. The van der Waals surface area contributed by atoms with Crippen LogP contribution in [-0.4, -0.2) is 65.0 Å². The van der Waals surface area contributed by atoms with Gasteiger partial charge in [0.25, 0.3) is 0 Å². The summed E-state index contributed by atoms with van der Waals surface area (Å²) in [7, 11) is 1.39. The van der Waals surface area contributed by atoms with Crippen molar-refractivity contribution in [2.75, 3.05) is 33.0 Å². The quantitative estimate of drug-likeness (QED) is 0.445. The lowest BCUT2D eigenvalue weighted by Gasteiger charge is -2.27. The predicted molar refractivity (Wildman–Crippen MR) is 93.5 cm³/mol. The Labute approximate surface area is 148 Å². The average Bonchev–Trinajstić information content (AvgIpc) is 3.27. The van der Waals surface area contributed by atoms with Crippen molar-refractivity contribution in [2.45, 2.75) is 12.5 Å². The molecule has 1 aromatic rings. The van der Waals surface area contributed by atoms with Gasteiger partial charge >= 0.3 is 5.97 Å². The molecule has 0 bridgehead atoms. The molecule has 3 rings (SSSR count). The number of thiazole rings is 1. The van der Waals surface area contributed by atoms with E-state index in [1.165, 1.54) is 18.4 Å². The third-order valence-corrected chi connectivity index (χ3v) is 5.73. The van der Waals surface area contributed by atoms with Crippen LogP contribution in [0.3, 0.4) is 0 Å². The van der Waals surface area contributed by atoms with Gasteiger partial charge in [0, 0.05) is 36.3 Å². The highest BCUT2D eigenvalue weighted by molar-refractivity contribution is 7.96. The Balaban J connectivity index is 1.94. The van der Waals surface area contributed by atoms with E-state index >= 15 is 0 Å². The average molecular weight is 363 g/mol. The second-order valence-electron chi connectivity index (χ2n) is 5.28. The molecule has 9 heteroatoms. The highest BCUT2D eigenvalue weighted by Gasteiger charge is 2.39. The van der Waals surface area contributed by atoms with E-state index in [0.717, 1.165) is 16.5 Å². The molecule has 1 aromatic heterocycles. The Kier molecular flexibility index (Phi) is 5.18. The number of rotatable bonds is 5. The number of aromatic nitrogens is 1. The van der Waals surface area contributed by atoms with E-state index in [9.17, 15) is 4.79 Å². The topological polar surface area (TPSA) is 81.8 Å². The molecule has 1 saturated heterocycles. The minimum Gasteiger partial charge on any atom is -0.466 e. The fourth-order valence-corrected chi connectivity index (χ4v) is 4.26. The monoisotopic (exact) mass is 363 g/mol. The first-order chi connectivity index (χ1) is 11.7. The number of hydrogen-bond donors (Lipinski definition) is 0. The third kappa shape index (κ3) is 3.05. The summed E-state index contributed by atoms with van der Waals surface area (Å²) < 4.78 is 6.96. The summed E-state index contributed by atoms with van der Waals surface area (Å²) in [6.45, 7) is 1.32. The molecule has 7 nitrogen and oxygen atoms in total. The minimum absolute atomic E-state index is 0.137. The molecule has 126 valence electrons. The van der Waals surface area contributed by atoms with E-state index in [0.29, 0.717) is 31.6 Å². The number of carbonyl (C=O) groups is 1. The van der Waals surface area contributed by atoms with Gasteiger partial charge in [-0.3, -0.25) is 4.99 Å². The summed E-state index contributed by atoms with van der Waals surface area (Å²) in [6.07, 6.45) is 4.40. The van der Waals surface area contributed by atoms with Gasteiger partial charge in [0.15, 0.2) is 10.8 Å². The van der Waals surface area contributed by atoms with Crippen LogP contribution < -0.4 is 0 Å². The van der Waals surface area contributed by atoms with Gasteiger partial charge in [0.05, 0.1) is 31.8 Å². The van der Waals surface area contributed by atoms with Crippen molar-refractivity contribution >= 4 is 35.1 Å². The first-order valence-electron chi connectivity index (χ1n) is 7.39. The van der Waals surface area contributed by atoms with E-state index in [-0.39, 0.29) is 12.0 Å². The molecule has 1 fully saturated rings. The van der Waals surface area contributed by atoms with Gasteiger partial charge in [0.1, 0.15) is 0 Å². The highest BCUT2D eigenvalue weighted by Crippen LogP contribution is 2.34. The fourth-order valence-electron chi connectivity index (χ4n) is 2.98. The molecule has 0 amide bonds. The summed E-state index contributed by atoms with van der Waals surface area (Å²) in [4.78, 5) is 23.1. The van der Waals surface area contributed by atoms with E-state index in [1.54, 1.807) is 18.1 Å². The van der Waals surface area contributed by atoms with E-state index in [2.05, 4.69) is 20.9 Å². The molecule has 24 heavy (non-hydrogen) atoms. The van der Waals surface area contributed by atoms with Gasteiger partial charge in [-0.25, -0.2) is 14.1 Å². The van der Waals surface area contributed by atoms with Crippen LogP contribution >= 0.6 is 23.3 Å². The molecule has 1 unspecified atom stereocenters. The first-order valence-corrected chi connectivity index (χ1v) is 9.45. The van der Waals surface area contributed by atoms with Gasteiger partial charge in [-0.15, -0.1) is 11.3 Å². The SMILES string of the molecule is COC(=O)C1=C2CC(N(CC#N)SC)CN2C(c2nccs2)=NC1. The van der Waals surface area contributed by atoms with Crippen molar-refractivity contribution in [1.82, 2.24) is 14.2 Å². The maximum atomic E-state index is 12.1. The Morgan fingerprint density at radius 1 is 1.67 bits per heavy atom. The van der Waals surface area contributed by atoms with Crippen LogP contribution in [0.1, 0.15) is 11.4 Å². The zero-order chi connectivity index (χ0) is 17.1. The van der Waals surface area contributed by atoms with Crippen LogP contribution in [0, 0.1) is 11.3 Å². The Bertz CT molecular complexity index is 723. The second-order valence-corrected chi connectivity index (χ2v) is 7.01. The van der Waals surface area contributed by atoms with Crippen LogP contribution in [-0.2, 0) is 9.53 Å². The molecule has 0 saturated carbocycles. The summed E-state index contributed by atoms with van der Waals surface area (Å²) in [5, 5.41) is 11.8. The van der Waals surface area contributed by atoms with Crippen molar-refractivity contribution in [3.8, 4) is 6.07 Å². The molecule has 0 aliphatic carbocycles. The van der Waals surface area contributed by atoms with E-state index in [1.807, 2.05) is 15.9 Å². The smallest absolute Gasteiger partial charge is 0.337 e. The molecular formula is C15H17N5O2S2. The molecule has 2 aliphatic rings. The lowest BCUT2D eigenvalue weighted by atomic mass is 10.1. The van der Waals surface area contributed by atoms with E-state index in [4.69, 9.17) is 10.00 Å². The van der Waals surface area contributed by atoms with Crippen LogP contribution in [0.15, 0.2) is 27.8 Å². The van der Waals surface area contributed by atoms with Crippen molar-refractivity contribution < 1.29 is 9.53 Å². The van der Waals surface area contributed by atoms with Crippen LogP contribution in [0.5, 0.6) is 0 Å². The number of methoxy groups -OCH3 is 1.